The minimum absolute atomic E-state index is 0.296. The molecule has 0 heterocycles. The normalized spacial score (nSPS) is 30.7. The zero-order valence-corrected chi connectivity index (χ0v) is 15.5. The fourth-order valence-corrected chi connectivity index (χ4v) is 4.70. The average molecular weight is 335 g/mol. The Balaban J connectivity index is 1.48. The van der Waals surface area contributed by atoms with E-state index in [4.69, 9.17) is 4.74 Å². The number of allylic oxidation sites excluding steroid dienone is 2. The number of hydrogen-bond donors (Lipinski definition) is 2. The Morgan fingerprint density at radius 3 is 2.54 bits per heavy atom. The highest BCUT2D eigenvalue weighted by Crippen LogP contribution is 2.43. The average Bonchev–Trinajstić information content (AvgIpc) is 3.23. The summed E-state index contributed by atoms with van der Waals surface area (Å²) in [5.41, 5.74) is -0.435. The fourth-order valence-electron chi connectivity index (χ4n) is 4.70. The van der Waals surface area contributed by atoms with E-state index < -0.39 is 5.60 Å². The molecule has 0 aliphatic heterocycles. The zero-order chi connectivity index (χ0) is 17.2. The van der Waals surface area contributed by atoms with Crippen molar-refractivity contribution < 1.29 is 9.53 Å². The first-order valence-electron chi connectivity index (χ1n) is 9.79. The summed E-state index contributed by atoms with van der Waals surface area (Å²) in [6, 6.07) is 0.378. The molecule has 1 amide bonds. The summed E-state index contributed by atoms with van der Waals surface area (Å²) in [4.78, 5) is 12.0. The van der Waals surface area contributed by atoms with Crippen molar-refractivity contribution in [2.24, 2.45) is 23.7 Å². The van der Waals surface area contributed by atoms with E-state index in [-0.39, 0.29) is 6.09 Å². The van der Waals surface area contributed by atoms with Gasteiger partial charge in [-0.3, -0.25) is 0 Å². The third-order valence-electron chi connectivity index (χ3n) is 5.89. The molecule has 3 aliphatic rings. The highest BCUT2D eigenvalue weighted by molar-refractivity contribution is 5.67. The molecular formula is C20H34N2O2. The molecule has 4 unspecified atom stereocenters. The molecule has 0 aromatic rings. The maximum atomic E-state index is 12.0. The van der Waals surface area contributed by atoms with Crippen LogP contribution in [-0.2, 0) is 4.74 Å². The number of fused-ring (bicyclic) bond motifs is 2. The van der Waals surface area contributed by atoms with Crippen molar-refractivity contribution in [1.82, 2.24) is 10.6 Å². The summed E-state index contributed by atoms with van der Waals surface area (Å²) in [6.45, 7) is 7.48. The first-order chi connectivity index (χ1) is 11.4. The molecule has 0 radical (unpaired) electrons. The van der Waals surface area contributed by atoms with Crippen molar-refractivity contribution in [1.29, 1.82) is 0 Å². The molecule has 2 saturated carbocycles. The Labute approximate surface area is 146 Å². The monoisotopic (exact) mass is 334 g/mol. The van der Waals surface area contributed by atoms with Crippen LogP contribution in [0.5, 0.6) is 0 Å². The number of amides is 1. The minimum Gasteiger partial charge on any atom is -0.444 e. The fraction of sp³-hybridized carbons (Fsp3) is 0.850. The van der Waals surface area contributed by atoms with Crippen molar-refractivity contribution in [2.45, 2.75) is 70.9 Å². The maximum absolute atomic E-state index is 12.0. The molecule has 2 N–H and O–H groups in total. The van der Waals surface area contributed by atoms with Gasteiger partial charge < -0.3 is 15.4 Å². The third kappa shape index (κ3) is 4.75. The molecule has 0 spiro atoms. The molecule has 4 nitrogen and oxygen atoms in total. The summed E-state index contributed by atoms with van der Waals surface area (Å²) in [5.74, 6) is 3.08. The quantitative estimate of drug-likeness (QED) is 0.725. The summed E-state index contributed by atoms with van der Waals surface area (Å²) < 4.78 is 5.38. The first kappa shape index (κ1) is 17.8. The lowest BCUT2D eigenvalue weighted by Crippen LogP contribution is -2.47. The summed E-state index contributed by atoms with van der Waals surface area (Å²) in [5, 5.41) is 6.79. The van der Waals surface area contributed by atoms with Gasteiger partial charge in [0, 0.05) is 12.6 Å². The molecule has 2 fully saturated rings. The van der Waals surface area contributed by atoms with Gasteiger partial charge in [0.25, 0.3) is 0 Å². The van der Waals surface area contributed by atoms with Crippen LogP contribution in [0.15, 0.2) is 12.2 Å². The molecule has 4 atom stereocenters. The second kappa shape index (κ2) is 7.47. The lowest BCUT2D eigenvalue weighted by Gasteiger charge is -2.29. The van der Waals surface area contributed by atoms with Gasteiger partial charge in [-0.15, -0.1) is 0 Å². The Morgan fingerprint density at radius 2 is 1.96 bits per heavy atom. The molecule has 3 rings (SSSR count). The first-order valence-corrected chi connectivity index (χ1v) is 9.79. The largest absolute Gasteiger partial charge is 0.444 e. The SMILES string of the molecule is CC(C)(C)OC(=O)NCC(NCC1CC2C=CC1C2)C1CCCC1. The van der Waals surface area contributed by atoms with Crippen LogP contribution in [0.3, 0.4) is 0 Å². The van der Waals surface area contributed by atoms with Crippen molar-refractivity contribution in [3.63, 3.8) is 0 Å². The second-order valence-electron chi connectivity index (χ2n) is 8.98. The minimum atomic E-state index is -0.435. The smallest absolute Gasteiger partial charge is 0.407 e. The van der Waals surface area contributed by atoms with Crippen molar-refractivity contribution >= 4 is 6.09 Å². The summed E-state index contributed by atoms with van der Waals surface area (Å²) in [7, 11) is 0. The van der Waals surface area contributed by atoms with Crippen molar-refractivity contribution in [3.05, 3.63) is 12.2 Å². The number of carbonyl (C=O) groups is 1. The molecule has 3 aliphatic carbocycles. The van der Waals surface area contributed by atoms with Crippen LogP contribution in [0.2, 0.25) is 0 Å². The van der Waals surface area contributed by atoms with Crippen LogP contribution in [-0.4, -0.2) is 30.8 Å². The number of alkyl carbamates (subject to hydrolysis) is 1. The zero-order valence-electron chi connectivity index (χ0n) is 15.5. The van der Waals surface area contributed by atoms with Gasteiger partial charge in [-0.25, -0.2) is 4.79 Å². The maximum Gasteiger partial charge on any atom is 0.407 e. The van der Waals surface area contributed by atoms with E-state index in [1.165, 1.54) is 38.5 Å². The molecule has 4 heteroatoms. The number of rotatable bonds is 6. The van der Waals surface area contributed by atoms with Gasteiger partial charge in [0.15, 0.2) is 0 Å². The predicted molar refractivity (Wildman–Crippen MR) is 96.8 cm³/mol. The van der Waals surface area contributed by atoms with E-state index in [1.807, 2.05) is 20.8 Å². The number of ether oxygens (including phenoxy) is 1. The van der Waals surface area contributed by atoms with E-state index in [9.17, 15) is 4.79 Å². The summed E-state index contributed by atoms with van der Waals surface area (Å²) in [6.07, 6.45) is 12.4. The van der Waals surface area contributed by atoms with Crippen LogP contribution >= 0.6 is 0 Å². The topological polar surface area (TPSA) is 50.4 Å². The molecule has 0 aromatic heterocycles. The van der Waals surface area contributed by atoms with Gasteiger partial charge in [-0.05, 0) is 76.7 Å². The Kier molecular flexibility index (Phi) is 5.53. The van der Waals surface area contributed by atoms with Crippen LogP contribution in [0.25, 0.3) is 0 Å². The van der Waals surface area contributed by atoms with E-state index in [0.29, 0.717) is 18.5 Å². The highest BCUT2D eigenvalue weighted by Gasteiger charge is 2.36. The van der Waals surface area contributed by atoms with Crippen molar-refractivity contribution in [2.75, 3.05) is 13.1 Å². The predicted octanol–water partition coefficient (Wildman–Crippen LogP) is 3.87. The van der Waals surface area contributed by atoms with Crippen molar-refractivity contribution in [3.8, 4) is 0 Å². The van der Waals surface area contributed by atoms with Gasteiger partial charge >= 0.3 is 6.09 Å². The molecule has 136 valence electrons. The van der Waals surface area contributed by atoms with Gasteiger partial charge in [-0.1, -0.05) is 25.0 Å². The van der Waals surface area contributed by atoms with Gasteiger partial charge in [0.1, 0.15) is 5.60 Å². The second-order valence-corrected chi connectivity index (χ2v) is 8.98. The van der Waals surface area contributed by atoms with E-state index >= 15 is 0 Å². The third-order valence-corrected chi connectivity index (χ3v) is 5.89. The molecule has 2 bridgehead atoms. The number of nitrogens with one attached hydrogen (secondary N) is 2. The Bertz CT molecular complexity index is 463. The molecule has 24 heavy (non-hydrogen) atoms. The Hall–Kier alpha value is -1.03. The van der Waals surface area contributed by atoms with Gasteiger partial charge in [-0.2, -0.15) is 0 Å². The number of hydrogen-bond acceptors (Lipinski definition) is 3. The van der Waals surface area contributed by atoms with E-state index in [2.05, 4.69) is 22.8 Å². The lowest BCUT2D eigenvalue weighted by molar-refractivity contribution is 0.0517. The van der Waals surface area contributed by atoms with Crippen LogP contribution in [0.1, 0.15) is 59.3 Å². The highest BCUT2D eigenvalue weighted by atomic mass is 16.6. The molecule has 0 aromatic carbocycles. The number of carbonyl (C=O) groups excluding carboxylic acids is 1. The summed E-state index contributed by atoms with van der Waals surface area (Å²) >= 11 is 0. The lowest BCUT2D eigenvalue weighted by atomic mass is 9.92. The van der Waals surface area contributed by atoms with Gasteiger partial charge in [0.2, 0.25) is 0 Å². The van der Waals surface area contributed by atoms with Gasteiger partial charge in [0.05, 0.1) is 0 Å². The van der Waals surface area contributed by atoms with Crippen LogP contribution < -0.4 is 10.6 Å². The van der Waals surface area contributed by atoms with Crippen LogP contribution in [0, 0.1) is 23.7 Å². The standard InChI is InChI=1S/C20H34N2O2/c1-20(2,3)24-19(23)22-13-18(15-6-4-5-7-15)21-12-17-11-14-8-9-16(17)10-14/h8-9,14-18,21H,4-7,10-13H2,1-3H3,(H,22,23). The van der Waals surface area contributed by atoms with E-state index in [0.717, 1.165) is 24.3 Å². The molecule has 0 saturated heterocycles. The van der Waals surface area contributed by atoms with E-state index in [1.54, 1.807) is 0 Å². The Morgan fingerprint density at radius 1 is 1.21 bits per heavy atom. The van der Waals surface area contributed by atoms with Crippen LogP contribution in [0.4, 0.5) is 4.79 Å². The molecular weight excluding hydrogens is 300 g/mol.